The molecule has 1 fully saturated rings. The summed E-state index contributed by atoms with van der Waals surface area (Å²) >= 11 is 0. The SMILES string of the molecule is COc1ccc(C)cc1N1CCN(S(=O)(=O)c2cccc(C)c2)CC1. The third-order valence-corrected chi connectivity index (χ3v) is 6.44. The van der Waals surface area contributed by atoms with Gasteiger partial charge in [-0.2, -0.15) is 4.31 Å². The number of ether oxygens (including phenoxy) is 1. The summed E-state index contributed by atoms with van der Waals surface area (Å²) in [6.07, 6.45) is 0. The molecule has 6 heteroatoms. The van der Waals surface area contributed by atoms with Crippen LogP contribution in [0.3, 0.4) is 0 Å². The Bertz CT molecular complexity index is 857. The summed E-state index contributed by atoms with van der Waals surface area (Å²) in [4.78, 5) is 2.56. The fraction of sp³-hybridized carbons (Fsp3) is 0.368. The van der Waals surface area contributed by atoms with Gasteiger partial charge in [0.05, 0.1) is 17.7 Å². The summed E-state index contributed by atoms with van der Waals surface area (Å²) in [5.41, 5.74) is 3.13. The molecule has 1 aliphatic rings. The number of piperazine rings is 1. The smallest absolute Gasteiger partial charge is 0.243 e. The molecule has 1 heterocycles. The van der Waals surface area contributed by atoms with Gasteiger partial charge in [-0.15, -0.1) is 0 Å². The minimum absolute atomic E-state index is 0.370. The Morgan fingerprint density at radius 2 is 1.60 bits per heavy atom. The highest BCUT2D eigenvalue weighted by molar-refractivity contribution is 7.89. The normalized spacial score (nSPS) is 16.0. The van der Waals surface area contributed by atoms with Crippen LogP contribution in [0.2, 0.25) is 0 Å². The molecule has 1 aliphatic heterocycles. The van der Waals surface area contributed by atoms with Gasteiger partial charge in [0.15, 0.2) is 0 Å². The van der Waals surface area contributed by atoms with Crippen LogP contribution in [-0.4, -0.2) is 46.0 Å². The Labute approximate surface area is 149 Å². The van der Waals surface area contributed by atoms with Crippen molar-refractivity contribution in [3.8, 4) is 5.75 Å². The van der Waals surface area contributed by atoms with Gasteiger partial charge in [0, 0.05) is 26.2 Å². The molecule has 0 atom stereocenters. The first-order valence-electron chi connectivity index (χ1n) is 8.38. The largest absolute Gasteiger partial charge is 0.495 e. The van der Waals surface area contributed by atoms with Gasteiger partial charge in [-0.3, -0.25) is 0 Å². The molecular formula is C19H24N2O3S. The highest BCUT2D eigenvalue weighted by atomic mass is 32.2. The van der Waals surface area contributed by atoms with Gasteiger partial charge in [-0.25, -0.2) is 8.42 Å². The number of methoxy groups -OCH3 is 1. The molecule has 0 N–H and O–H groups in total. The zero-order valence-electron chi connectivity index (χ0n) is 14.9. The first-order valence-corrected chi connectivity index (χ1v) is 9.82. The van der Waals surface area contributed by atoms with E-state index in [0.29, 0.717) is 31.1 Å². The fourth-order valence-corrected chi connectivity index (χ4v) is 4.67. The zero-order valence-corrected chi connectivity index (χ0v) is 15.7. The van der Waals surface area contributed by atoms with Gasteiger partial charge in [-0.1, -0.05) is 18.2 Å². The summed E-state index contributed by atoms with van der Waals surface area (Å²) in [5, 5.41) is 0. The summed E-state index contributed by atoms with van der Waals surface area (Å²) in [6, 6.07) is 13.1. The second-order valence-electron chi connectivity index (χ2n) is 6.38. The minimum atomic E-state index is -3.44. The number of anilines is 1. The molecule has 0 amide bonds. The van der Waals surface area contributed by atoms with Crippen molar-refractivity contribution in [3.05, 3.63) is 53.6 Å². The van der Waals surface area contributed by atoms with Crippen LogP contribution in [0.4, 0.5) is 5.69 Å². The Balaban J connectivity index is 1.77. The van der Waals surface area contributed by atoms with Crippen molar-refractivity contribution >= 4 is 15.7 Å². The third kappa shape index (κ3) is 3.65. The molecule has 1 saturated heterocycles. The summed E-state index contributed by atoms with van der Waals surface area (Å²) in [5.74, 6) is 0.820. The van der Waals surface area contributed by atoms with Crippen LogP contribution < -0.4 is 9.64 Å². The molecular weight excluding hydrogens is 336 g/mol. The molecule has 0 bridgehead atoms. The second-order valence-corrected chi connectivity index (χ2v) is 8.32. The van der Waals surface area contributed by atoms with Gasteiger partial charge < -0.3 is 9.64 Å². The highest BCUT2D eigenvalue weighted by Gasteiger charge is 2.29. The molecule has 0 spiro atoms. The first-order chi connectivity index (χ1) is 11.9. The molecule has 3 rings (SSSR count). The van der Waals surface area contributed by atoms with Crippen molar-refractivity contribution in [2.75, 3.05) is 38.2 Å². The number of hydrogen-bond acceptors (Lipinski definition) is 4. The average molecular weight is 360 g/mol. The average Bonchev–Trinajstić information content (AvgIpc) is 2.62. The van der Waals surface area contributed by atoms with E-state index in [1.165, 1.54) is 0 Å². The van der Waals surface area contributed by atoms with E-state index >= 15 is 0 Å². The second kappa shape index (κ2) is 7.06. The molecule has 2 aromatic carbocycles. The Morgan fingerprint density at radius 1 is 0.920 bits per heavy atom. The van der Waals surface area contributed by atoms with E-state index in [1.54, 1.807) is 29.6 Å². The van der Waals surface area contributed by atoms with Crippen molar-refractivity contribution in [3.63, 3.8) is 0 Å². The van der Waals surface area contributed by atoms with Gasteiger partial charge in [-0.05, 0) is 49.2 Å². The molecule has 25 heavy (non-hydrogen) atoms. The monoisotopic (exact) mass is 360 g/mol. The lowest BCUT2D eigenvalue weighted by Crippen LogP contribution is -2.48. The van der Waals surface area contributed by atoms with Gasteiger partial charge in [0.2, 0.25) is 10.0 Å². The molecule has 0 aliphatic carbocycles. The van der Waals surface area contributed by atoms with E-state index < -0.39 is 10.0 Å². The standard InChI is InChI=1S/C19H24N2O3S/c1-15-5-4-6-17(13-15)25(22,23)21-11-9-20(10-12-21)18-14-16(2)7-8-19(18)24-3/h4-8,13-14H,9-12H2,1-3H3. The van der Waals surface area contributed by atoms with E-state index in [4.69, 9.17) is 4.74 Å². The Morgan fingerprint density at radius 3 is 2.24 bits per heavy atom. The van der Waals surface area contributed by atoms with Gasteiger partial charge >= 0.3 is 0 Å². The molecule has 0 aromatic heterocycles. The molecule has 2 aromatic rings. The van der Waals surface area contributed by atoms with Crippen molar-refractivity contribution in [1.82, 2.24) is 4.31 Å². The summed E-state index contributed by atoms with van der Waals surface area (Å²) < 4.78 is 32.7. The highest BCUT2D eigenvalue weighted by Crippen LogP contribution is 2.30. The van der Waals surface area contributed by atoms with E-state index in [0.717, 1.165) is 22.6 Å². The maximum Gasteiger partial charge on any atom is 0.243 e. The lowest BCUT2D eigenvalue weighted by Gasteiger charge is -2.36. The predicted octanol–water partition coefficient (Wildman–Crippen LogP) is 2.82. The van der Waals surface area contributed by atoms with Gasteiger partial charge in [0.1, 0.15) is 5.75 Å². The lowest BCUT2D eigenvalue weighted by molar-refractivity contribution is 0.378. The maximum absolute atomic E-state index is 12.8. The number of aryl methyl sites for hydroxylation is 2. The molecule has 0 radical (unpaired) electrons. The van der Waals surface area contributed by atoms with Crippen molar-refractivity contribution in [2.24, 2.45) is 0 Å². The number of hydrogen-bond donors (Lipinski definition) is 0. The summed E-state index contributed by atoms with van der Waals surface area (Å²) in [7, 11) is -1.78. The molecule has 0 saturated carbocycles. The molecule has 5 nitrogen and oxygen atoms in total. The molecule has 134 valence electrons. The van der Waals surface area contributed by atoms with Crippen LogP contribution >= 0.6 is 0 Å². The van der Waals surface area contributed by atoms with Crippen molar-refractivity contribution in [1.29, 1.82) is 0 Å². The van der Waals surface area contributed by atoms with E-state index in [-0.39, 0.29) is 0 Å². The van der Waals surface area contributed by atoms with E-state index in [2.05, 4.69) is 11.0 Å². The van der Waals surface area contributed by atoms with Gasteiger partial charge in [0.25, 0.3) is 0 Å². The first kappa shape index (κ1) is 17.8. The van der Waals surface area contributed by atoms with Crippen LogP contribution in [0.25, 0.3) is 0 Å². The van der Waals surface area contributed by atoms with Crippen LogP contribution in [-0.2, 0) is 10.0 Å². The molecule has 0 unspecified atom stereocenters. The maximum atomic E-state index is 12.8. The van der Waals surface area contributed by atoms with Crippen molar-refractivity contribution < 1.29 is 13.2 Å². The number of rotatable bonds is 4. The number of benzene rings is 2. The minimum Gasteiger partial charge on any atom is -0.495 e. The summed E-state index contributed by atoms with van der Waals surface area (Å²) in [6.45, 7) is 6.17. The number of sulfonamides is 1. The topological polar surface area (TPSA) is 49.9 Å². The Kier molecular flexibility index (Phi) is 5.01. The predicted molar refractivity (Wildman–Crippen MR) is 99.9 cm³/mol. The fourth-order valence-electron chi connectivity index (χ4n) is 3.14. The lowest BCUT2D eigenvalue weighted by atomic mass is 10.1. The third-order valence-electron chi connectivity index (χ3n) is 4.54. The van der Waals surface area contributed by atoms with E-state index in [9.17, 15) is 8.42 Å². The van der Waals surface area contributed by atoms with Crippen LogP contribution in [0.15, 0.2) is 47.4 Å². The van der Waals surface area contributed by atoms with Crippen molar-refractivity contribution in [2.45, 2.75) is 18.7 Å². The van der Waals surface area contributed by atoms with Crippen LogP contribution in [0.5, 0.6) is 5.75 Å². The zero-order chi connectivity index (χ0) is 18.0. The van der Waals surface area contributed by atoms with Crippen LogP contribution in [0, 0.1) is 13.8 Å². The Hall–Kier alpha value is -2.05. The van der Waals surface area contributed by atoms with E-state index in [1.807, 2.05) is 32.0 Å². The van der Waals surface area contributed by atoms with Crippen LogP contribution in [0.1, 0.15) is 11.1 Å². The number of nitrogens with zero attached hydrogens (tertiary/aromatic N) is 2. The quantitative estimate of drug-likeness (QED) is 0.841.